The van der Waals surface area contributed by atoms with Gasteiger partial charge in [-0.05, 0) is 0 Å². The molecule has 0 radical (unpaired) electrons. The van der Waals surface area contributed by atoms with E-state index in [9.17, 15) is 0 Å². The van der Waals surface area contributed by atoms with Crippen LogP contribution in [0, 0.1) is 10.8 Å². The molecular formula is C6H14Cl2N2O2Pt-2. The van der Waals surface area contributed by atoms with Gasteiger partial charge in [0.05, 0.1) is 14.2 Å². The Hall–Kier alpha value is 0.208. The Balaban J connectivity index is -0.0000000267. The molecular weight excluding hydrogens is 398 g/mol. The van der Waals surface area contributed by atoms with Crippen molar-refractivity contribution in [3.63, 3.8) is 0 Å². The first kappa shape index (κ1) is 29.2. The van der Waals surface area contributed by atoms with Gasteiger partial charge >= 0.3 is 0 Å². The molecule has 13 heavy (non-hydrogen) atoms. The minimum absolute atomic E-state index is 0. The van der Waals surface area contributed by atoms with Gasteiger partial charge in [0, 0.05) is 34.9 Å². The number of hydrogen-bond donors (Lipinski definition) is 2. The summed E-state index contributed by atoms with van der Waals surface area (Å²) < 4.78 is 8.67. The molecule has 0 fully saturated rings. The first-order valence-corrected chi connectivity index (χ1v) is 2.72. The number of halogens is 2. The van der Waals surface area contributed by atoms with E-state index in [1.807, 2.05) is 0 Å². The van der Waals surface area contributed by atoms with E-state index in [0.29, 0.717) is 0 Å². The molecule has 2 N–H and O–H groups in total. The summed E-state index contributed by atoms with van der Waals surface area (Å²) >= 11 is 0. The van der Waals surface area contributed by atoms with Crippen molar-refractivity contribution < 1.29 is 55.4 Å². The average molecular weight is 412 g/mol. The second kappa shape index (κ2) is 22.8. The maximum absolute atomic E-state index is 6.52. The van der Waals surface area contributed by atoms with Gasteiger partial charge in [-0.15, -0.1) is 0 Å². The van der Waals surface area contributed by atoms with E-state index in [4.69, 9.17) is 10.8 Å². The number of methoxy groups -OCH3 is 2. The predicted molar refractivity (Wildman–Crippen MR) is 40.8 cm³/mol. The summed E-state index contributed by atoms with van der Waals surface area (Å²) in [5.74, 6) is 0.509. The van der Waals surface area contributed by atoms with Crippen LogP contribution in [-0.4, -0.2) is 26.0 Å². The van der Waals surface area contributed by atoms with E-state index in [0.717, 1.165) is 0 Å². The van der Waals surface area contributed by atoms with Crippen molar-refractivity contribution in [1.29, 1.82) is 10.8 Å². The molecule has 0 unspecified atom stereocenters. The molecule has 4 nitrogen and oxygen atoms in total. The van der Waals surface area contributed by atoms with Crippen molar-refractivity contribution in [2.45, 2.75) is 13.8 Å². The zero-order valence-electron chi connectivity index (χ0n) is 7.89. The van der Waals surface area contributed by atoms with E-state index in [-0.39, 0.29) is 57.7 Å². The van der Waals surface area contributed by atoms with E-state index in [1.165, 1.54) is 14.2 Å². The van der Waals surface area contributed by atoms with Gasteiger partial charge in [0.25, 0.3) is 0 Å². The van der Waals surface area contributed by atoms with Crippen molar-refractivity contribution in [2.75, 3.05) is 14.2 Å². The van der Waals surface area contributed by atoms with Gasteiger partial charge in [-0.25, -0.2) is 0 Å². The zero-order valence-corrected chi connectivity index (χ0v) is 11.7. The van der Waals surface area contributed by atoms with Gasteiger partial charge in [0.2, 0.25) is 0 Å². The van der Waals surface area contributed by atoms with Crippen LogP contribution in [0.15, 0.2) is 0 Å². The minimum atomic E-state index is 0. The first-order valence-electron chi connectivity index (χ1n) is 2.72. The standard InChI is InChI=1S/2C3H7NO.2ClH.Pt/c2*1-3(4)5-2;;;/h2*4H,1-2H3;2*1H;/p-2. The zero-order chi connectivity index (χ0) is 8.57. The van der Waals surface area contributed by atoms with E-state index >= 15 is 0 Å². The molecule has 0 aromatic carbocycles. The second-order valence-electron chi connectivity index (χ2n) is 1.52. The van der Waals surface area contributed by atoms with Crippen LogP contribution in [-0.2, 0) is 30.5 Å². The van der Waals surface area contributed by atoms with Crippen LogP contribution in [0.2, 0.25) is 0 Å². The molecule has 0 aromatic rings. The van der Waals surface area contributed by atoms with Crippen LogP contribution in [0.1, 0.15) is 13.8 Å². The molecule has 0 spiro atoms. The van der Waals surface area contributed by atoms with E-state index in [2.05, 4.69) is 9.47 Å². The van der Waals surface area contributed by atoms with Crippen molar-refractivity contribution in [2.24, 2.45) is 0 Å². The van der Waals surface area contributed by atoms with Crippen LogP contribution in [0.3, 0.4) is 0 Å². The number of ether oxygens (including phenoxy) is 2. The largest absolute Gasteiger partial charge is 1.00 e. The molecule has 0 aliphatic carbocycles. The van der Waals surface area contributed by atoms with Crippen molar-refractivity contribution >= 4 is 11.8 Å². The van der Waals surface area contributed by atoms with Crippen molar-refractivity contribution in [3.8, 4) is 0 Å². The summed E-state index contributed by atoms with van der Waals surface area (Å²) in [6, 6.07) is 0. The second-order valence-corrected chi connectivity index (χ2v) is 1.52. The third kappa shape index (κ3) is 71.8. The van der Waals surface area contributed by atoms with Crippen molar-refractivity contribution in [3.05, 3.63) is 0 Å². The molecule has 86 valence electrons. The van der Waals surface area contributed by atoms with Crippen LogP contribution in [0.4, 0.5) is 0 Å². The summed E-state index contributed by atoms with van der Waals surface area (Å²) in [5, 5.41) is 13.0. The molecule has 0 saturated carbocycles. The van der Waals surface area contributed by atoms with Gasteiger partial charge in [-0.2, -0.15) is 0 Å². The molecule has 0 atom stereocenters. The molecule has 0 bridgehead atoms. The van der Waals surface area contributed by atoms with Gasteiger partial charge < -0.3 is 34.3 Å². The molecule has 7 heteroatoms. The van der Waals surface area contributed by atoms with Crippen LogP contribution in [0.5, 0.6) is 0 Å². The summed E-state index contributed by atoms with van der Waals surface area (Å²) in [4.78, 5) is 0. The molecule has 0 saturated heterocycles. The Labute approximate surface area is 106 Å². The summed E-state index contributed by atoms with van der Waals surface area (Å²) in [6.07, 6.45) is 0. The quantitative estimate of drug-likeness (QED) is 0.310. The average Bonchev–Trinajstić information content (AvgIpc) is 1.89. The monoisotopic (exact) mass is 411 g/mol. The number of hydrogen-bond acceptors (Lipinski definition) is 4. The fourth-order valence-electron chi connectivity index (χ4n) is 0. The summed E-state index contributed by atoms with van der Waals surface area (Å²) in [5.41, 5.74) is 0. The summed E-state index contributed by atoms with van der Waals surface area (Å²) in [6.45, 7) is 3.17. The molecule has 0 aromatic heterocycles. The van der Waals surface area contributed by atoms with Crippen molar-refractivity contribution in [1.82, 2.24) is 0 Å². The van der Waals surface area contributed by atoms with Gasteiger partial charge in [0.1, 0.15) is 0 Å². The SMILES string of the molecule is COC(C)=N.COC(C)=N.[Cl-].[Cl-].[Pt]. The van der Waals surface area contributed by atoms with E-state index < -0.39 is 0 Å². The van der Waals surface area contributed by atoms with E-state index in [1.54, 1.807) is 13.8 Å². The number of nitrogens with one attached hydrogen (secondary N) is 2. The number of rotatable bonds is 0. The van der Waals surface area contributed by atoms with Gasteiger partial charge in [0.15, 0.2) is 11.8 Å². The topological polar surface area (TPSA) is 66.2 Å². The van der Waals surface area contributed by atoms with Crippen LogP contribution < -0.4 is 24.8 Å². The normalized spacial score (nSPS) is 5.23. The Bertz CT molecular complexity index is 111. The molecule has 0 aliphatic rings. The third-order valence-electron chi connectivity index (χ3n) is 0.612. The smallest absolute Gasteiger partial charge is 0.176 e. The van der Waals surface area contributed by atoms with Gasteiger partial charge in [-0.1, -0.05) is 0 Å². The molecule has 0 heterocycles. The fourth-order valence-corrected chi connectivity index (χ4v) is 0. The Morgan fingerprint density at radius 1 is 0.846 bits per heavy atom. The summed E-state index contributed by atoms with van der Waals surface area (Å²) in [7, 11) is 2.95. The predicted octanol–water partition coefficient (Wildman–Crippen LogP) is -4.73. The molecule has 0 rings (SSSR count). The van der Waals surface area contributed by atoms with Gasteiger partial charge in [-0.3, -0.25) is 10.8 Å². The Morgan fingerprint density at radius 2 is 0.923 bits per heavy atom. The maximum Gasteiger partial charge on any atom is 0.176 e. The Kier molecular flexibility index (Phi) is 51.2. The minimum Gasteiger partial charge on any atom is -1.00 e. The first-order chi connectivity index (χ1) is 4.54. The van der Waals surface area contributed by atoms with Crippen LogP contribution in [0.25, 0.3) is 0 Å². The maximum atomic E-state index is 6.52. The fraction of sp³-hybridized carbons (Fsp3) is 0.667. The van der Waals surface area contributed by atoms with Crippen LogP contribution >= 0.6 is 0 Å². The Morgan fingerprint density at radius 3 is 0.923 bits per heavy atom. The molecule has 0 amide bonds. The molecule has 0 aliphatic heterocycles. The third-order valence-corrected chi connectivity index (χ3v) is 0.612.